The summed E-state index contributed by atoms with van der Waals surface area (Å²) in [5, 5.41) is 9.48. The van der Waals surface area contributed by atoms with Crippen LogP contribution in [0.25, 0.3) is 0 Å². The Hall–Kier alpha value is -1.09. The van der Waals surface area contributed by atoms with Crippen molar-refractivity contribution in [1.82, 2.24) is 4.98 Å². The lowest BCUT2D eigenvalue weighted by Gasteiger charge is -2.30. The van der Waals surface area contributed by atoms with Gasteiger partial charge >= 0.3 is 0 Å². The van der Waals surface area contributed by atoms with Crippen molar-refractivity contribution in [2.75, 3.05) is 11.4 Å². The number of fused-ring (bicyclic) bond motifs is 2. The smallest absolute Gasteiger partial charge is 0.129 e. The lowest BCUT2D eigenvalue weighted by molar-refractivity contribution is 0.281. The Morgan fingerprint density at radius 2 is 2.11 bits per heavy atom. The summed E-state index contributed by atoms with van der Waals surface area (Å²) in [4.78, 5) is 7.33. The summed E-state index contributed by atoms with van der Waals surface area (Å²) in [5.74, 6) is 1.94. The van der Waals surface area contributed by atoms with Gasteiger partial charge in [0, 0.05) is 23.7 Å². The zero-order valence-corrected chi connectivity index (χ0v) is 12.2. The van der Waals surface area contributed by atoms with Crippen LogP contribution in [0, 0.1) is 5.92 Å². The molecule has 0 radical (unpaired) electrons. The molecule has 19 heavy (non-hydrogen) atoms. The summed E-state index contributed by atoms with van der Waals surface area (Å²) in [7, 11) is 0. The van der Waals surface area contributed by atoms with E-state index in [1.54, 1.807) is 0 Å². The number of aromatic nitrogens is 1. The second-order valence-corrected chi connectivity index (χ2v) is 7.11. The van der Waals surface area contributed by atoms with Crippen LogP contribution in [-0.4, -0.2) is 22.7 Å². The molecule has 2 bridgehead atoms. The van der Waals surface area contributed by atoms with Crippen LogP contribution in [0.1, 0.15) is 51.3 Å². The van der Waals surface area contributed by atoms with E-state index < -0.39 is 0 Å². The fraction of sp³-hybridized carbons (Fsp3) is 0.688. The van der Waals surface area contributed by atoms with Crippen molar-refractivity contribution < 1.29 is 5.11 Å². The lowest BCUT2D eigenvalue weighted by atomic mass is 9.90. The van der Waals surface area contributed by atoms with Gasteiger partial charge in [-0.1, -0.05) is 20.8 Å². The second-order valence-electron chi connectivity index (χ2n) is 7.11. The Morgan fingerprint density at radius 1 is 1.32 bits per heavy atom. The fourth-order valence-corrected chi connectivity index (χ4v) is 3.40. The topological polar surface area (TPSA) is 36.4 Å². The molecule has 3 rings (SSSR count). The van der Waals surface area contributed by atoms with Crippen LogP contribution in [0.4, 0.5) is 5.82 Å². The van der Waals surface area contributed by atoms with Gasteiger partial charge in [0.05, 0.1) is 6.61 Å². The maximum atomic E-state index is 9.48. The second kappa shape index (κ2) is 4.48. The SMILES string of the molecule is CC(C)(C)c1cc(CO)cc(N2CC3CCC2C3)n1. The summed E-state index contributed by atoms with van der Waals surface area (Å²) in [6, 6.07) is 4.78. The molecule has 1 aromatic heterocycles. The molecule has 2 unspecified atom stereocenters. The molecule has 1 saturated carbocycles. The molecule has 2 aliphatic rings. The number of piperidine rings is 1. The van der Waals surface area contributed by atoms with Gasteiger partial charge in [0.1, 0.15) is 5.82 Å². The Kier molecular flexibility index (Phi) is 3.05. The molecule has 0 aromatic carbocycles. The lowest BCUT2D eigenvalue weighted by Crippen LogP contribution is -2.33. The minimum absolute atomic E-state index is 0.0265. The van der Waals surface area contributed by atoms with E-state index in [1.165, 1.54) is 19.3 Å². The number of nitrogens with zero attached hydrogens (tertiary/aromatic N) is 2. The van der Waals surface area contributed by atoms with Crippen LogP contribution >= 0.6 is 0 Å². The van der Waals surface area contributed by atoms with Crippen molar-refractivity contribution in [2.24, 2.45) is 5.92 Å². The summed E-state index contributed by atoms with van der Waals surface area (Å²) in [5.41, 5.74) is 2.09. The molecule has 104 valence electrons. The highest BCUT2D eigenvalue weighted by Crippen LogP contribution is 2.40. The predicted octanol–water partition coefficient (Wildman–Crippen LogP) is 2.86. The van der Waals surface area contributed by atoms with E-state index in [9.17, 15) is 5.11 Å². The molecule has 3 nitrogen and oxygen atoms in total. The molecule has 0 spiro atoms. The van der Waals surface area contributed by atoms with Crippen molar-refractivity contribution in [3.8, 4) is 0 Å². The van der Waals surface area contributed by atoms with E-state index in [2.05, 4.69) is 31.7 Å². The number of aliphatic hydroxyl groups is 1. The van der Waals surface area contributed by atoms with E-state index in [4.69, 9.17) is 4.98 Å². The van der Waals surface area contributed by atoms with E-state index in [-0.39, 0.29) is 12.0 Å². The standard InChI is InChI=1S/C16H24N2O/c1-16(2,3)14-7-12(10-19)8-15(17-14)18-9-11-4-5-13(18)6-11/h7-8,11,13,19H,4-6,9-10H2,1-3H3. The van der Waals surface area contributed by atoms with Gasteiger partial charge in [0.25, 0.3) is 0 Å². The molecule has 1 aromatic rings. The van der Waals surface area contributed by atoms with Gasteiger partial charge in [-0.3, -0.25) is 0 Å². The first-order chi connectivity index (χ1) is 8.97. The number of rotatable bonds is 2. The molecular formula is C16H24N2O. The van der Waals surface area contributed by atoms with Gasteiger partial charge in [0.15, 0.2) is 0 Å². The van der Waals surface area contributed by atoms with Crippen molar-refractivity contribution in [1.29, 1.82) is 0 Å². The maximum Gasteiger partial charge on any atom is 0.129 e. The summed E-state index contributed by atoms with van der Waals surface area (Å²) in [6.45, 7) is 7.78. The Balaban J connectivity index is 1.97. The monoisotopic (exact) mass is 260 g/mol. The van der Waals surface area contributed by atoms with Crippen LogP contribution in [0.5, 0.6) is 0 Å². The third-order valence-corrected chi connectivity index (χ3v) is 4.53. The molecule has 0 amide bonds. The zero-order chi connectivity index (χ0) is 13.6. The van der Waals surface area contributed by atoms with Crippen LogP contribution in [0.15, 0.2) is 12.1 Å². The highest BCUT2D eigenvalue weighted by Gasteiger charge is 2.38. The number of pyridine rings is 1. The summed E-state index contributed by atoms with van der Waals surface area (Å²) >= 11 is 0. The Labute approximate surface area is 115 Å². The van der Waals surface area contributed by atoms with E-state index in [0.717, 1.165) is 29.5 Å². The zero-order valence-electron chi connectivity index (χ0n) is 12.2. The number of aliphatic hydroxyl groups excluding tert-OH is 1. The largest absolute Gasteiger partial charge is 0.392 e. The number of hydrogen-bond acceptors (Lipinski definition) is 3. The molecule has 3 heteroatoms. The first kappa shape index (κ1) is 12.9. The van der Waals surface area contributed by atoms with Crippen LogP contribution in [-0.2, 0) is 12.0 Å². The molecule has 2 heterocycles. The molecule has 2 atom stereocenters. The predicted molar refractivity (Wildman–Crippen MR) is 77.3 cm³/mol. The van der Waals surface area contributed by atoms with Gasteiger partial charge in [-0.15, -0.1) is 0 Å². The van der Waals surface area contributed by atoms with Gasteiger partial charge in [-0.05, 0) is 42.9 Å². The normalized spacial score (nSPS) is 26.2. The first-order valence-electron chi connectivity index (χ1n) is 7.36. The van der Waals surface area contributed by atoms with Gasteiger partial charge < -0.3 is 10.0 Å². The van der Waals surface area contributed by atoms with Crippen LogP contribution in [0.2, 0.25) is 0 Å². The molecular weight excluding hydrogens is 236 g/mol. The van der Waals surface area contributed by atoms with Crippen molar-refractivity contribution in [3.63, 3.8) is 0 Å². The van der Waals surface area contributed by atoms with E-state index in [0.29, 0.717) is 6.04 Å². The van der Waals surface area contributed by atoms with Gasteiger partial charge in [-0.25, -0.2) is 4.98 Å². The molecule has 1 saturated heterocycles. The number of anilines is 1. The molecule has 1 aliphatic carbocycles. The molecule has 1 N–H and O–H groups in total. The minimum Gasteiger partial charge on any atom is -0.392 e. The molecule has 2 fully saturated rings. The Morgan fingerprint density at radius 3 is 2.63 bits per heavy atom. The highest BCUT2D eigenvalue weighted by atomic mass is 16.3. The van der Waals surface area contributed by atoms with Gasteiger partial charge in [0.2, 0.25) is 0 Å². The van der Waals surface area contributed by atoms with Crippen molar-refractivity contribution in [3.05, 3.63) is 23.4 Å². The maximum absolute atomic E-state index is 9.48. The summed E-state index contributed by atoms with van der Waals surface area (Å²) in [6.07, 6.45) is 4.02. The van der Waals surface area contributed by atoms with Crippen molar-refractivity contribution >= 4 is 5.82 Å². The quantitative estimate of drug-likeness (QED) is 0.888. The van der Waals surface area contributed by atoms with Gasteiger partial charge in [-0.2, -0.15) is 0 Å². The fourth-order valence-electron chi connectivity index (χ4n) is 3.40. The Bertz CT molecular complexity index is 478. The third-order valence-electron chi connectivity index (χ3n) is 4.53. The minimum atomic E-state index is 0.0265. The highest BCUT2D eigenvalue weighted by molar-refractivity contribution is 5.46. The number of hydrogen-bond donors (Lipinski definition) is 1. The average Bonchev–Trinajstić information content (AvgIpc) is 2.99. The summed E-state index contributed by atoms with van der Waals surface area (Å²) < 4.78 is 0. The van der Waals surface area contributed by atoms with Crippen molar-refractivity contribution in [2.45, 2.75) is 58.1 Å². The first-order valence-corrected chi connectivity index (χ1v) is 7.36. The van der Waals surface area contributed by atoms with E-state index >= 15 is 0 Å². The van der Waals surface area contributed by atoms with Crippen LogP contribution in [0.3, 0.4) is 0 Å². The third kappa shape index (κ3) is 2.36. The average molecular weight is 260 g/mol. The molecule has 1 aliphatic heterocycles. The van der Waals surface area contributed by atoms with Crippen LogP contribution < -0.4 is 4.90 Å². The van der Waals surface area contributed by atoms with E-state index in [1.807, 2.05) is 6.07 Å².